The van der Waals surface area contributed by atoms with Crippen molar-refractivity contribution in [1.82, 2.24) is 9.78 Å². The van der Waals surface area contributed by atoms with Gasteiger partial charge in [-0.15, -0.1) is 0 Å². The van der Waals surface area contributed by atoms with Crippen molar-refractivity contribution in [1.29, 1.82) is 0 Å². The van der Waals surface area contributed by atoms with E-state index in [1.165, 1.54) is 0 Å². The number of nitrogens with zero attached hydrogens (tertiary/aromatic N) is 2. The molecule has 0 amide bonds. The molecule has 0 saturated heterocycles. The summed E-state index contributed by atoms with van der Waals surface area (Å²) in [5.41, 5.74) is -8.22. The minimum atomic E-state index is -5.26. The number of aromatic hydroxyl groups is 1. The van der Waals surface area contributed by atoms with Crippen LogP contribution in [-0.2, 0) is 35.6 Å². The molecular weight excluding hydrogens is 545 g/mol. The molecule has 0 aliphatic rings. The first-order chi connectivity index (χ1) is 15.4. The Bertz CT molecular complexity index is 1240. The van der Waals surface area contributed by atoms with Crippen LogP contribution in [-0.4, -0.2) is 20.7 Å². The van der Waals surface area contributed by atoms with E-state index in [4.69, 9.17) is 0 Å². The van der Waals surface area contributed by atoms with Crippen molar-refractivity contribution in [2.45, 2.75) is 25.5 Å². The van der Waals surface area contributed by atoms with E-state index in [1.54, 1.807) is 0 Å². The molecule has 1 aromatic heterocycles. The maximum atomic E-state index is 13.7. The Morgan fingerprint density at radius 1 is 0.800 bits per heavy atom. The largest absolute Gasteiger partial charge is 0.493 e. The molecule has 0 bridgehead atoms. The van der Waals surface area contributed by atoms with E-state index < -0.39 is 75.2 Å². The van der Waals surface area contributed by atoms with E-state index in [-0.39, 0.29) is 41.3 Å². The first-order valence-electron chi connectivity index (χ1n) is 8.90. The maximum absolute atomic E-state index is 13.7. The van der Waals surface area contributed by atoms with Gasteiger partial charge in [0.2, 0.25) is 5.88 Å². The minimum absolute atomic E-state index is 0. The Kier molecular flexibility index (Phi) is 7.40. The zero-order valence-electron chi connectivity index (χ0n) is 16.9. The van der Waals surface area contributed by atoms with E-state index in [0.717, 1.165) is 6.92 Å². The summed E-state index contributed by atoms with van der Waals surface area (Å²) < 4.78 is 131. The van der Waals surface area contributed by atoms with Crippen LogP contribution in [0.5, 0.6) is 5.88 Å². The van der Waals surface area contributed by atoms with Crippen LogP contribution in [0.2, 0.25) is 0 Å². The molecule has 0 spiro atoms. The summed E-state index contributed by atoms with van der Waals surface area (Å²) in [5, 5.41) is 14.0. The Labute approximate surface area is 199 Å². The molecule has 0 aliphatic carbocycles. The number of halogens is 10. The number of rotatable bonds is 3. The van der Waals surface area contributed by atoms with Crippen LogP contribution in [0.3, 0.4) is 0 Å². The van der Waals surface area contributed by atoms with E-state index >= 15 is 0 Å². The molecule has 0 fully saturated rings. The zero-order chi connectivity index (χ0) is 25.8. The van der Waals surface area contributed by atoms with Gasteiger partial charge in [0.1, 0.15) is 11.4 Å². The predicted octanol–water partition coefficient (Wildman–Crippen LogP) is 6.31. The summed E-state index contributed by atoms with van der Waals surface area (Å²) in [6.07, 6.45) is -15.5. The molecule has 1 heterocycles. The Morgan fingerprint density at radius 3 is 1.71 bits per heavy atom. The molecule has 4 nitrogen and oxygen atoms in total. The molecule has 1 N–H and O–H groups in total. The molecule has 15 heteroatoms. The Hall–Kier alpha value is -3.06. The van der Waals surface area contributed by atoms with Crippen molar-refractivity contribution in [3.8, 4) is 11.6 Å². The molecule has 2 aromatic carbocycles. The molecule has 3 rings (SSSR count). The van der Waals surface area contributed by atoms with Crippen molar-refractivity contribution in [2.24, 2.45) is 0 Å². The number of benzene rings is 2. The Morgan fingerprint density at radius 2 is 1.26 bits per heavy atom. The van der Waals surface area contributed by atoms with E-state index in [0.29, 0.717) is 16.8 Å². The van der Waals surface area contributed by atoms with Gasteiger partial charge in [0.15, 0.2) is 5.78 Å². The molecule has 0 aliphatic heterocycles. The fourth-order valence-electron chi connectivity index (χ4n) is 3.05. The van der Waals surface area contributed by atoms with Gasteiger partial charge in [-0.2, -0.15) is 44.6 Å². The Balaban J connectivity index is 0.00000432. The standard InChI is InChI=1S/C20H10F10N2O2.Mn/c1-8-15(16(33)9-2-10(18(22,23)24)4-11(3-9)19(25,26)27)17(34)32(31-8)14-6-12(20(28,29)30)5-13(21)7-14;/h2-7,34H,1H3;. The second kappa shape index (κ2) is 9.19. The smallest absolute Gasteiger partial charge is 0.416 e. The fraction of sp³-hybridized carbons (Fsp3) is 0.200. The predicted molar refractivity (Wildman–Crippen MR) is 94.8 cm³/mol. The topological polar surface area (TPSA) is 55.1 Å². The molecule has 0 saturated carbocycles. The number of alkyl halides is 9. The van der Waals surface area contributed by atoms with Gasteiger partial charge < -0.3 is 5.11 Å². The van der Waals surface area contributed by atoms with E-state index in [9.17, 15) is 53.8 Å². The van der Waals surface area contributed by atoms with Gasteiger partial charge in [0.25, 0.3) is 0 Å². The van der Waals surface area contributed by atoms with Crippen LogP contribution in [0, 0.1) is 12.7 Å². The number of carbonyl (C=O) groups is 1. The first-order valence-corrected chi connectivity index (χ1v) is 8.90. The number of hydrogen-bond donors (Lipinski definition) is 1. The fourth-order valence-corrected chi connectivity index (χ4v) is 3.05. The molecule has 189 valence electrons. The third-order valence-electron chi connectivity index (χ3n) is 4.57. The van der Waals surface area contributed by atoms with Crippen LogP contribution >= 0.6 is 0 Å². The zero-order valence-corrected chi connectivity index (χ0v) is 18.1. The van der Waals surface area contributed by atoms with Crippen molar-refractivity contribution in [3.63, 3.8) is 0 Å². The molecule has 1 radical (unpaired) electrons. The number of aromatic nitrogens is 2. The quantitative estimate of drug-likeness (QED) is 0.234. The van der Waals surface area contributed by atoms with Gasteiger partial charge in [-0.3, -0.25) is 4.79 Å². The van der Waals surface area contributed by atoms with Crippen molar-refractivity contribution < 1.29 is 70.9 Å². The van der Waals surface area contributed by atoms with Crippen LogP contribution in [0.1, 0.15) is 38.3 Å². The van der Waals surface area contributed by atoms with Crippen molar-refractivity contribution in [2.75, 3.05) is 0 Å². The van der Waals surface area contributed by atoms with Gasteiger partial charge >= 0.3 is 18.5 Å². The number of carbonyl (C=O) groups excluding carboxylic acids is 1. The van der Waals surface area contributed by atoms with Crippen LogP contribution in [0.15, 0.2) is 36.4 Å². The van der Waals surface area contributed by atoms with Gasteiger partial charge in [-0.05, 0) is 43.3 Å². The summed E-state index contributed by atoms with van der Waals surface area (Å²) in [6, 6.07) is 1.06. The minimum Gasteiger partial charge on any atom is -0.493 e. The van der Waals surface area contributed by atoms with Gasteiger partial charge in [-0.1, -0.05) is 0 Å². The van der Waals surface area contributed by atoms with E-state index in [2.05, 4.69) is 5.10 Å². The van der Waals surface area contributed by atoms with Crippen LogP contribution in [0.25, 0.3) is 5.69 Å². The molecule has 0 atom stereocenters. The van der Waals surface area contributed by atoms with Crippen LogP contribution in [0.4, 0.5) is 43.9 Å². The first kappa shape index (κ1) is 28.2. The van der Waals surface area contributed by atoms with Crippen LogP contribution < -0.4 is 0 Å². The number of ketones is 1. The monoisotopic (exact) mass is 555 g/mol. The number of aryl methyl sites for hydroxylation is 1. The average molecular weight is 555 g/mol. The molecule has 3 aromatic rings. The summed E-state index contributed by atoms with van der Waals surface area (Å²) in [6.45, 7) is 1.02. The summed E-state index contributed by atoms with van der Waals surface area (Å²) >= 11 is 0. The van der Waals surface area contributed by atoms with Gasteiger partial charge in [0, 0.05) is 22.6 Å². The summed E-state index contributed by atoms with van der Waals surface area (Å²) in [7, 11) is 0. The van der Waals surface area contributed by atoms with Crippen molar-refractivity contribution in [3.05, 3.63) is 75.7 Å². The molecule has 35 heavy (non-hydrogen) atoms. The number of hydrogen-bond acceptors (Lipinski definition) is 3. The molecular formula is C20H10F10MnN2O2. The average Bonchev–Trinajstić information content (AvgIpc) is 2.98. The van der Waals surface area contributed by atoms with Gasteiger partial charge in [-0.25, -0.2) is 9.07 Å². The summed E-state index contributed by atoms with van der Waals surface area (Å²) in [5.74, 6) is -4.13. The third kappa shape index (κ3) is 5.78. The van der Waals surface area contributed by atoms with Crippen molar-refractivity contribution >= 4 is 5.78 Å². The third-order valence-corrected chi connectivity index (χ3v) is 4.57. The normalized spacial score (nSPS) is 12.4. The molecule has 0 unspecified atom stereocenters. The SMILES string of the molecule is Cc1nn(-c2cc(F)cc(C(F)(F)F)c2)c(O)c1C(=O)c1cc(C(F)(F)F)cc(C(F)(F)F)c1.[Mn]. The second-order valence-electron chi connectivity index (χ2n) is 7.02. The van der Waals surface area contributed by atoms with E-state index in [1.807, 2.05) is 0 Å². The van der Waals surface area contributed by atoms with Gasteiger partial charge in [0.05, 0.1) is 28.1 Å². The maximum Gasteiger partial charge on any atom is 0.416 e. The second-order valence-corrected chi connectivity index (χ2v) is 7.02. The summed E-state index contributed by atoms with van der Waals surface area (Å²) in [4.78, 5) is 12.8.